The number of rotatable bonds is 5. The zero-order valence-electron chi connectivity index (χ0n) is 6.81. The van der Waals surface area contributed by atoms with Crippen molar-refractivity contribution in [1.29, 1.82) is 0 Å². The summed E-state index contributed by atoms with van der Waals surface area (Å²) in [5.74, 6) is 1.38. The lowest BCUT2D eigenvalue weighted by molar-refractivity contribution is 0.229. The average Bonchev–Trinajstić information content (AvgIpc) is 1.87. The minimum absolute atomic E-state index is 0.329. The molecule has 2 heteroatoms. The number of halogens is 1. The molecule has 0 heterocycles. The molecule has 0 aliphatic rings. The van der Waals surface area contributed by atoms with E-state index in [1.807, 2.05) is 0 Å². The van der Waals surface area contributed by atoms with Gasteiger partial charge in [-0.2, -0.15) is 0 Å². The summed E-state index contributed by atoms with van der Waals surface area (Å²) in [6.45, 7) is 4.75. The molecule has 0 fully saturated rings. The van der Waals surface area contributed by atoms with Crippen LogP contribution >= 0.6 is 15.9 Å². The Balaban J connectivity index is 3.50. The van der Waals surface area contributed by atoms with E-state index in [0.29, 0.717) is 18.4 Å². The number of alkyl halides is 1. The van der Waals surface area contributed by atoms with Gasteiger partial charge in [0.1, 0.15) is 0 Å². The maximum atomic E-state index is 8.70. The highest BCUT2D eigenvalue weighted by Crippen LogP contribution is 2.19. The second-order valence-electron chi connectivity index (χ2n) is 2.99. The highest BCUT2D eigenvalue weighted by Gasteiger charge is 2.10. The Kier molecular flexibility index (Phi) is 6.44. The van der Waals surface area contributed by atoms with Gasteiger partial charge in [-0.3, -0.25) is 0 Å². The highest BCUT2D eigenvalue weighted by atomic mass is 79.9. The van der Waals surface area contributed by atoms with E-state index in [-0.39, 0.29) is 0 Å². The summed E-state index contributed by atoms with van der Waals surface area (Å²) < 4.78 is 0. The van der Waals surface area contributed by atoms with Crippen molar-refractivity contribution in [2.24, 2.45) is 11.8 Å². The molecule has 1 nitrogen and oxygen atoms in total. The molecular weight excluding hydrogens is 192 g/mol. The number of hydrogen-bond donors (Lipinski definition) is 1. The van der Waals surface area contributed by atoms with Crippen molar-refractivity contribution in [3.05, 3.63) is 0 Å². The third-order valence-corrected chi connectivity index (χ3v) is 2.38. The third kappa shape index (κ3) is 4.29. The zero-order chi connectivity index (χ0) is 7.98. The summed E-state index contributed by atoms with van der Waals surface area (Å²) in [4.78, 5) is 0. The Morgan fingerprint density at radius 3 is 2.20 bits per heavy atom. The first-order valence-electron chi connectivity index (χ1n) is 3.89. The van der Waals surface area contributed by atoms with E-state index in [1.165, 1.54) is 6.42 Å². The van der Waals surface area contributed by atoms with E-state index in [9.17, 15) is 0 Å². The number of aliphatic hydroxyl groups is 1. The summed E-state index contributed by atoms with van der Waals surface area (Å²) in [6, 6.07) is 0. The van der Waals surface area contributed by atoms with Crippen LogP contribution in [0.15, 0.2) is 0 Å². The lowest BCUT2D eigenvalue weighted by Crippen LogP contribution is -2.10. The van der Waals surface area contributed by atoms with E-state index in [0.717, 1.165) is 11.8 Å². The Hall–Kier alpha value is 0.440. The lowest BCUT2D eigenvalue weighted by atomic mass is 9.91. The summed E-state index contributed by atoms with van der Waals surface area (Å²) in [6.07, 6.45) is 2.13. The zero-order valence-corrected chi connectivity index (χ0v) is 8.39. The maximum absolute atomic E-state index is 8.70. The van der Waals surface area contributed by atoms with Crippen molar-refractivity contribution in [2.75, 3.05) is 11.9 Å². The van der Waals surface area contributed by atoms with Crippen LogP contribution in [-0.2, 0) is 0 Å². The van der Waals surface area contributed by atoms with Crippen LogP contribution in [0, 0.1) is 11.8 Å². The summed E-state index contributed by atoms with van der Waals surface area (Å²) >= 11 is 3.41. The Labute approximate surface area is 72.0 Å². The van der Waals surface area contributed by atoms with Gasteiger partial charge in [-0.15, -0.1) is 0 Å². The van der Waals surface area contributed by atoms with Crippen LogP contribution in [0.4, 0.5) is 0 Å². The van der Waals surface area contributed by atoms with E-state index < -0.39 is 0 Å². The fourth-order valence-electron chi connectivity index (χ4n) is 1.12. The second kappa shape index (κ2) is 6.17. The number of aliphatic hydroxyl groups excluding tert-OH is 1. The fraction of sp³-hybridized carbons (Fsp3) is 1.00. The molecule has 0 rings (SSSR count). The topological polar surface area (TPSA) is 20.2 Å². The first kappa shape index (κ1) is 10.4. The molecule has 0 bridgehead atoms. The maximum Gasteiger partial charge on any atom is 0.0433 e. The van der Waals surface area contributed by atoms with Gasteiger partial charge in [0.05, 0.1) is 0 Å². The molecule has 0 saturated carbocycles. The lowest BCUT2D eigenvalue weighted by Gasteiger charge is -2.17. The largest absolute Gasteiger partial charge is 0.396 e. The molecule has 62 valence electrons. The van der Waals surface area contributed by atoms with Crippen LogP contribution in [0.1, 0.15) is 26.7 Å². The van der Waals surface area contributed by atoms with E-state index in [4.69, 9.17) is 5.11 Å². The normalized spacial score (nSPS) is 14.1. The van der Waals surface area contributed by atoms with E-state index >= 15 is 0 Å². The minimum Gasteiger partial charge on any atom is -0.396 e. The molecule has 0 amide bonds. The van der Waals surface area contributed by atoms with Gasteiger partial charge in [-0.25, -0.2) is 0 Å². The molecule has 0 aliphatic carbocycles. The Morgan fingerprint density at radius 1 is 1.30 bits per heavy atom. The standard InChI is InChI=1S/C8H17BrO/c1-7(2)8(3-5-9)4-6-10/h7-8,10H,3-6H2,1-2H3/t8-/m1/s1. The number of hydrogen-bond acceptors (Lipinski definition) is 1. The van der Waals surface area contributed by atoms with Crippen LogP contribution in [0.25, 0.3) is 0 Å². The monoisotopic (exact) mass is 208 g/mol. The summed E-state index contributed by atoms with van der Waals surface area (Å²) in [7, 11) is 0. The summed E-state index contributed by atoms with van der Waals surface area (Å²) in [5.41, 5.74) is 0. The summed E-state index contributed by atoms with van der Waals surface area (Å²) in [5, 5.41) is 9.75. The first-order valence-corrected chi connectivity index (χ1v) is 5.01. The Morgan fingerprint density at radius 2 is 1.90 bits per heavy atom. The van der Waals surface area contributed by atoms with Crippen molar-refractivity contribution in [3.8, 4) is 0 Å². The molecule has 0 aliphatic heterocycles. The Bertz CT molecular complexity index is 67.7. The molecule has 1 N–H and O–H groups in total. The molecule has 0 unspecified atom stereocenters. The average molecular weight is 209 g/mol. The molecule has 10 heavy (non-hydrogen) atoms. The van der Waals surface area contributed by atoms with Crippen molar-refractivity contribution in [2.45, 2.75) is 26.7 Å². The van der Waals surface area contributed by atoms with Gasteiger partial charge in [0.2, 0.25) is 0 Å². The SMILES string of the molecule is CC(C)[C@@H](CCO)CCBr. The van der Waals surface area contributed by atoms with Gasteiger partial charge in [0, 0.05) is 11.9 Å². The molecule has 0 aromatic carbocycles. The molecule has 0 aromatic heterocycles. The smallest absolute Gasteiger partial charge is 0.0433 e. The molecular formula is C8H17BrO. The van der Waals surface area contributed by atoms with E-state index in [1.54, 1.807) is 0 Å². The highest BCUT2D eigenvalue weighted by molar-refractivity contribution is 9.09. The van der Waals surface area contributed by atoms with Crippen LogP contribution < -0.4 is 0 Å². The van der Waals surface area contributed by atoms with Gasteiger partial charge in [0.15, 0.2) is 0 Å². The van der Waals surface area contributed by atoms with Gasteiger partial charge in [-0.1, -0.05) is 29.8 Å². The quantitative estimate of drug-likeness (QED) is 0.689. The molecule has 0 saturated heterocycles. The first-order chi connectivity index (χ1) is 4.72. The van der Waals surface area contributed by atoms with Crippen molar-refractivity contribution in [1.82, 2.24) is 0 Å². The predicted octanol–water partition coefficient (Wildman–Crippen LogP) is 2.43. The second-order valence-corrected chi connectivity index (χ2v) is 3.79. The van der Waals surface area contributed by atoms with Crippen LogP contribution in [0.5, 0.6) is 0 Å². The van der Waals surface area contributed by atoms with Gasteiger partial charge in [-0.05, 0) is 24.7 Å². The van der Waals surface area contributed by atoms with Gasteiger partial charge >= 0.3 is 0 Å². The minimum atomic E-state index is 0.329. The van der Waals surface area contributed by atoms with E-state index in [2.05, 4.69) is 29.8 Å². The molecule has 0 spiro atoms. The molecule has 0 aromatic rings. The van der Waals surface area contributed by atoms with Crippen LogP contribution in [-0.4, -0.2) is 17.0 Å². The molecule has 1 atom stereocenters. The van der Waals surface area contributed by atoms with Crippen molar-refractivity contribution >= 4 is 15.9 Å². The van der Waals surface area contributed by atoms with Crippen molar-refractivity contribution < 1.29 is 5.11 Å². The molecule has 0 radical (unpaired) electrons. The van der Waals surface area contributed by atoms with Crippen LogP contribution in [0.3, 0.4) is 0 Å². The van der Waals surface area contributed by atoms with Gasteiger partial charge in [0.25, 0.3) is 0 Å². The predicted molar refractivity (Wildman–Crippen MR) is 48.4 cm³/mol. The fourth-order valence-corrected chi connectivity index (χ4v) is 1.71. The van der Waals surface area contributed by atoms with Crippen molar-refractivity contribution in [3.63, 3.8) is 0 Å². The third-order valence-electron chi connectivity index (χ3n) is 1.92. The van der Waals surface area contributed by atoms with Crippen LogP contribution in [0.2, 0.25) is 0 Å². The van der Waals surface area contributed by atoms with Gasteiger partial charge < -0.3 is 5.11 Å².